The van der Waals surface area contributed by atoms with Crippen molar-refractivity contribution in [2.24, 2.45) is 5.16 Å². The molecule has 1 aromatic rings. The van der Waals surface area contributed by atoms with Gasteiger partial charge in [-0.2, -0.15) is 0 Å². The lowest BCUT2D eigenvalue weighted by atomic mass is 10.2. The van der Waals surface area contributed by atoms with Gasteiger partial charge in [-0.1, -0.05) is 5.16 Å². The summed E-state index contributed by atoms with van der Waals surface area (Å²) in [5, 5.41) is 13.3. The molecule has 1 atom stereocenters. The van der Waals surface area contributed by atoms with Crippen molar-refractivity contribution >= 4 is 27.6 Å². The molecule has 1 saturated heterocycles. The molecule has 1 fully saturated rings. The Kier molecular flexibility index (Phi) is 5.06. The fraction of sp³-hybridized carbons (Fsp3) is 0.545. The van der Waals surface area contributed by atoms with E-state index in [0.717, 1.165) is 10.2 Å². The molecule has 1 unspecified atom stereocenters. The molecule has 2 heterocycles. The van der Waals surface area contributed by atoms with Crippen LogP contribution in [0.5, 0.6) is 0 Å². The molecular formula is C11H15BrN4O3. The fourth-order valence-electron chi connectivity index (χ4n) is 1.52. The van der Waals surface area contributed by atoms with Gasteiger partial charge in [0.2, 0.25) is 5.95 Å². The SMILES string of the molecule is COCC(O)CON=C1CN(c2ncc(Br)cn2)C1. The first-order valence-electron chi connectivity index (χ1n) is 5.76. The van der Waals surface area contributed by atoms with Crippen LogP contribution in [0.3, 0.4) is 0 Å². The standard InChI is InChI=1S/C11H15BrN4O3/c1-18-6-10(17)7-19-15-9-4-16(5-9)11-13-2-8(12)3-14-11/h2-3,10,17H,4-7H2,1H3. The number of ether oxygens (including phenoxy) is 1. The summed E-state index contributed by atoms with van der Waals surface area (Å²) in [5.74, 6) is 0.668. The van der Waals surface area contributed by atoms with E-state index in [0.29, 0.717) is 19.0 Å². The van der Waals surface area contributed by atoms with Crippen LogP contribution in [-0.4, -0.2) is 60.3 Å². The van der Waals surface area contributed by atoms with E-state index in [-0.39, 0.29) is 13.2 Å². The number of hydrogen-bond donors (Lipinski definition) is 1. The molecule has 0 amide bonds. The summed E-state index contributed by atoms with van der Waals surface area (Å²) in [6.45, 7) is 1.65. The summed E-state index contributed by atoms with van der Waals surface area (Å²) in [7, 11) is 1.52. The van der Waals surface area contributed by atoms with Crippen LogP contribution >= 0.6 is 15.9 Å². The van der Waals surface area contributed by atoms with Gasteiger partial charge in [-0.25, -0.2) is 9.97 Å². The number of methoxy groups -OCH3 is 1. The first kappa shape index (κ1) is 14.2. The Balaban J connectivity index is 1.72. The number of aliphatic hydroxyl groups excluding tert-OH is 1. The highest BCUT2D eigenvalue weighted by Gasteiger charge is 2.24. The van der Waals surface area contributed by atoms with Gasteiger partial charge in [0.1, 0.15) is 12.7 Å². The topological polar surface area (TPSA) is 80.1 Å². The lowest BCUT2D eigenvalue weighted by molar-refractivity contribution is -0.00476. The second-order valence-electron chi connectivity index (χ2n) is 4.12. The van der Waals surface area contributed by atoms with E-state index < -0.39 is 6.10 Å². The minimum absolute atomic E-state index is 0.131. The molecule has 1 aromatic heterocycles. The van der Waals surface area contributed by atoms with Crippen LogP contribution in [0.15, 0.2) is 22.0 Å². The average molecular weight is 331 g/mol. The number of halogens is 1. The molecule has 1 aliphatic rings. The summed E-state index contributed by atoms with van der Waals surface area (Å²) in [6, 6.07) is 0. The van der Waals surface area contributed by atoms with Crippen molar-refractivity contribution in [3.8, 4) is 0 Å². The molecule has 19 heavy (non-hydrogen) atoms. The van der Waals surface area contributed by atoms with Crippen molar-refractivity contribution in [1.82, 2.24) is 9.97 Å². The number of hydrogen-bond acceptors (Lipinski definition) is 7. The summed E-state index contributed by atoms with van der Waals surface area (Å²) in [5.41, 5.74) is 0.899. The zero-order valence-corrected chi connectivity index (χ0v) is 12.1. The number of anilines is 1. The van der Waals surface area contributed by atoms with Crippen LogP contribution in [-0.2, 0) is 9.57 Å². The van der Waals surface area contributed by atoms with Crippen molar-refractivity contribution in [1.29, 1.82) is 0 Å². The Morgan fingerprint density at radius 2 is 2.11 bits per heavy atom. The number of oxime groups is 1. The largest absolute Gasteiger partial charge is 0.393 e. The van der Waals surface area contributed by atoms with E-state index in [2.05, 4.69) is 31.1 Å². The van der Waals surface area contributed by atoms with E-state index in [1.54, 1.807) is 12.4 Å². The van der Waals surface area contributed by atoms with Crippen molar-refractivity contribution in [2.45, 2.75) is 6.10 Å². The summed E-state index contributed by atoms with van der Waals surface area (Å²) < 4.78 is 5.63. The molecule has 0 aromatic carbocycles. The molecule has 0 aliphatic carbocycles. The van der Waals surface area contributed by atoms with Gasteiger partial charge >= 0.3 is 0 Å². The maximum Gasteiger partial charge on any atom is 0.226 e. The Labute approximate surface area is 119 Å². The van der Waals surface area contributed by atoms with Gasteiger partial charge in [-0.05, 0) is 15.9 Å². The third-order valence-electron chi connectivity index (χ3n) is 2.46. The van der Waals surface area contributed by atoms with Crippen LogP contribution in [0.25, 0.3) is 0 Å². The van der Waals surface area contributed by atoms with Crippen molar-refractivity contribution in [2.75, 3.05) is 38.3 Å². The monoisotopic (exact) mass is 330 g/mol. The summed E-state index contributed by atoms with van der Waals surface area (Å²) >= 11 is 3.29. The molecule has 0 saturated carbocycles. The van der Waals surface area contributed by atoms with Crippen LogP contribution in [0.2, 0.25) is 0 Å². The molecule has 0 bridgehead atoms. The van der Waals surface area contributed by atoms with Crippen molar-refractivity contribution < 1.29 is 14.7 Å². The van der Waals surface area contributed by atoms with E-state index in [4.69, 9.17) is 9.57 Å². The Bertz CT molecular complexity index is 432. The third kappa shape index (κ3) is 4.12. The normalized spacial score (nSPS) is 15.9. The molecule has 8 heteroatoms. The van der Waals surface area contributed by atoms with E-state index in [1.165, 1.54) is 7.11 Å². The molecular weight excluding hydrogens is 316 g/mol. The van der Waals surface area contributed by atoms with Gasteiger partial charge < -0.3 is 19.6 Å². The Hall–Kier alpha value is -1.25. The quantitative estimate of drug-likeness (QED) is 0.762. The molecule has 1 aliphatic heterocycles. The smallest absolute Gasteiger partial charge is 0.226 e. The van der Waals surface area contributed by atoms with E-state index in [1.807, 2.05) is 4.90 Å². The first-order valence-corrected chi connectivity index (χ1v) is 6.55. The Morgan fingerprint density at radius 1 is 1.42 bits per heavy atom. The summed E-state index contributed by atoms with van der Waals surface area (Å²) in [6.07, 6.45) is 2.75. The van der Waals surface area contributed by atoms with Gasteiger partial charge in [0.15, 0.2) is 0 Å². The highest BCUT2D eigenvalue weighted by atomic mass is 79.9. The second-order valence-corrected chi connectivity index (χ2v) is 5.04. The molecule has 7 nitrogen and oxygen atoms in total. The number of aromatic nitrogens is 2. The number of rotatable bonds is 6. The zero-order chi connectivity index (χ0) is 13.7. The molecule has 1 N–H and O–H groups in total. The first-order chi connectivity index (χ1) is 9.19. The minimum Gasteiger partial charge on any atom is -0.393 e. The molecule has 104 valence electrons. The number of aliphatic hydroxyl groups is 1. The van der Waals surface area contributed by atoms with Gasteiger partial charge in [-0.3, -0.25) is 0 Å². The molecule has 0 radical (unpaired) electrons. The highest BCUT2D eigenvalue weighted by molar-refractivity contribution is 9.10. The average Bonchev–Trinajstić information content (AvgIpc) is 2.34. The van der Waals surface area contributed by atoms with Crippen molar-refractivity contribution in [3.63, 3.8) is 0 Å². The van der Waals surface area contributed by atoms with Crippen LogP contribution < -0.4 is 4.90 Å². The molecule has 2 rings (SSSR count). The summed E-state index contributed by atoms with van der Waals surface area (Å²) in [4.78, 5) is 15.4. The third-order valence-corrected chi connectivity index (χ3v) is 2.87. The van der Waals surface area contributed by atoms with Gasteiger partial charge in [0, 0.05) is 19.5 Å². The highest BCUT2D eigenvalue weighted by Crippen LogP contribution is 2.15. The van der Waals surface area contributed by atoms with Crippen LogP contribution in [0.1, 0.15) is 0 Å². The lowest BCUT2D eigenvalue weighted by Crippen LogP contribution is -2.48. The van der Waals surface area contributed by atoms with Crippen molar-refractivity contribution in [3.05, 3.63) is 16.9 Å². The second kappa shape index (κ2) is 6.78. The van der Waals surface area contributed by atoms with E-state index in [9.17, 15) is 5.11 Å². The zero-order valence-electron chi connectivity index (χ0n) is 10.5. The van der Waals surface area contributed by atoms with Gasteiger partial charge in [0.05, 0.1) is 29.9 Å². The fourth-order valence-corrected chi connectivity index (χ4v) is 1.72. The minimum atomic E-state index is -0.652. The van der Waals surface area contributed by atoms with Gasteiger partial charge in [-0.15, -0.1) is 0 Å². The predicted molar refractivity (Wildman–Crippen MR) is 73.2 cm³/mol. The Morgan fingerprint density at radius 3 is 2.74 bits per heavy atom. The van der Waals surface area contributed by atoms with Gasteiger partial charge in [0.25, 0.3) is 0 Å². The number of nitrogens with zero attached hydrogens (tertiary/aromatic N) is 4. The van der Waals surface area contributed by atoms with Crippen LogP contribution in [0.4, 0.5) is 5.95 Å². The molecule has 0 spiro atoms. The predicted octanol–water partition coefficient (Wildman–Crippen LogP) is 0.439. The van der Waals surface area contributed by atoms with E-state index >= 15 is 0 Å². The maximum atomic E-state index is 9.35. The van der Waals surface area contributed by atoms with Crippen LogP contribution in [0, 0.1) is 0 Å². The lowest BCUT2D eigenvalue weighted by Gasteiger charge is -2.31. The maximum absolute atomic E-state index is 9.35.